The molecule has 0 saturated carbocycles. The lowest BCUT2D eigenvalue weighted by Crippen LogP contribution is -2.44. The molecule has 1 N–H and O–H groups in total. The summed E-state index contributed by atoms with van der Waals surface area (Å²) < 4.78 is 7.64. The fourth-order valence-corrected chi connectivity index (χ4v) is 4.25. The molecule has 4 heterocycles. The molecule has 9 heteroatoms. The molecule has 3 aromatic heterocycles. The van der Waals surface area contributed by atoms with E-state index in [0.717, 1.165) is 72.4 Å². The van der Waals surface area contributed by atoms with Gasteiger partial charge in [0.05, 0.1) is 18.5 Å². The number of methoxy groups -OCH3 is 1. The summed E-state index contributed by atoms with van der Waals surface area (Å²) in [7, 11) is 3.86. The van der Waals surface area contributed by atoms with Crippen molar-refractivity contribution >= 4 is 17.3 Å². The number of likely N-dealkylation sites (N-methyl/N-ethyl adjacent to an activating group) is 1. The fourth-order valence-electron chi connectivity index (χ4n) is 4.25. The van der Waals surface area contributed by atoms with E-state index in [-0.39, 0.29) is 0 Å². The molecule has 0 amide bonds. The van der Waals surface area contributed by atoms with Gasteiger partial charge in [-0.25, -0.2) is 9.97 Å². The van der Waals surface area contributed by atoms with Crippen molar-refractivity contribution in [2.45, 2.75) is 13.5 Å². The third kappa shape index (κ3) is 4.95. The van der Waals surface area contributed by atoms with Gasteiger partial charge in [0.25, 0.3) is 0 Å². The van der Waals surface area contributed by atoms with Crippen LogP contribution in [-0.4, -0.2) is 70.0 Å². The van der Waals surface area contributed by atoms with Gasteiger partial charge in [-0.2, -0.15) is 5.10 Å². The van der Waals surface area contributed by atoms with Crippen LogP contribution in [0, 0.1) is 0 Å². The van der Waals surface area contributed by atoms with Crippen molar-refractivity contribution < 1.29 is 4.74 Å². The summed E-state index contributed by atoms with van der Waals surface area (Å²) in [5, 5.41) is 8.08. The molecule has 35 heavy (non-hydrogen) atoms. The number of nitrogens with zero attached hydrogens (tertiary/aromatic N) is 7. The van der Waals surface area contributed by atoms with Crippen molar-refractivity contribution in [1.82, 2.24) is 29.6 Å². The summed E-state index contributed by atoms with van der Waals surface area (Å²) in [4.78, 5) is 18.2. The smallest absolute Gasteiger partial charge is 0.227 e. The van der Waals surface area contributed by atoms with Gasteiger partial charge in [0.1, 0.15) is 11.4 Å². The van der Waals surface area contributed by atoms with Crippen LogP contribution in [-0.2, 0) is 6.54 Å². The molecule has 1 aliphatic rings. The number of nitrogens with one attached hydrogen (secondary N) is 1. The highest BCUT2D eigenvalue weighted by atomic mass is 16.5. The van der Waals surface area contributed by atoms with Gasteiger partial charge in [-0.05, 0) is 44.3 Å². The van der Waals surface area contributed by atoms with Crippen molar-refractivity contribution in [2.24, 2.45) is 0 Å². The Bertz CT molecular complexity index is 1280. The lowest BCUT2D eigenvalue weighted by Gasteiger charge is -2.34. The van der Waals surface area contributed by atoms with Crippen molar-refractivity contribution in [1.29, 1.82) is 0 Å². The molecule has 0 atom stereocenters. The van der Waals surface area contributed by atoms with Crippen LogP contribution in [0.3, 0.4) is 0 Å². The lowest BCUT2D eigenvalue weighted by molar-refractivity contribution is 0.311. The van der Waals surface area contributed by atoms with Gasteiger partial charge in [-0.15, -0.1) is 0 Å². The first kappa shape index (κ1) is 22.8. The molecule has 0 spiro atoms. The molecule has 0 radical (unpaired) electrons. The largest absolute Gasteiger partial charge is 0.495 e. The zero-order chi connectivity index (χ0) is 24.2. The van der Waals surface area contributed by atoms with Crippen molar-refractivity contribution in [3.63, 3.8) is 0 Å². The Labute approximate surface area is 205 Å². The molecule has 4 aromatic rings. The maximum absolute atomic E-state index is 5.72. The molecule has 0 unspecified atom stereocenters. The minimum atomic E-state index is 0.512. The van der Waals surface area contributed by atoms with Crippen molar-refractivity contribution in [3.8, 4) is 28.3 Å². The number of anilines is 3. The van der Waals surface area contributed by atoms with Gasteiger partial charge in [-0.3, -0.25) is 9.67 Å². The first-order chi connectivity index (χ1) is 17.1. The topological polar surface area (TPSA) is 84.2 Å². The number of piperazine rings is 1. The quantitative estimate of drug-likeness (QED) is 0.435. The number of hydrogen-bond acceptors (Lipinski definition) is 8. The van der Waals surface area contributed by atoms with E-state index < -0.39 is 0 Å². The normalized spacial score (nSPS) is 14.2. The Morgan fingerprint density at radius 1 is 1.06 bits per heavy atom. The zero-order valence-electron chi connectivity index (χ0n) is 20.3. The summed E-state index contributed by atoms with van der Waals surface area (Å²) in [6.07, 6.45) is 7.36. The molecular formula is C26H30N8O. The maximum Gasteiger partial charge on any atom is 0.227 e. The molecule has 1 aliphatic heterocycles. The number of aromatic nitrogens is 5. The van der Waals surface area contributed by atoms with Gasteiger partial charge in [-0.1, -0.05) is 0 Å². The molecule has 1 saturated heterocycles. The van der Waals surface area contributed by atoms with Crippen LogP contribution in [0.25, 0.3) is 22.5 Å². The van der Waals surface area contributed by atoms with E-state index in [0.29, 0.717) is 5.95 Å². The maximum atomic E-state index is 5.72. The molecule has 5 rings (SSSR count). The van der Waals surface area contributed by atoms with Crippen molar-refractivity contribution in [2.75, 3.05) is 50.6 Å². The number of ether oxygens (including phenoxy) is 1. The van der Waals surface area contributed by atoms with Crippen LogP contribution < -0.4 is 15.0 Å². The Hall–Kier alpha value is -3.98. The monoisotopic (exact) mass is 470 g/mol. The predicted molar refractivity (Wildman–Crippen MR) is 138 cm³/mol. The Morgan fingerprint density at radius 3 is 2.66 bits per heavy atom. The second-order valence-corrected chi connectivity index (χ2v) is 8.56. The molecule has 0 bridgehead atoms. The van der Waals surface area contributed by atoms with Crippen molar-refractivity contribution in [3.05, 3.63) is 61.2 Å². The second-order valence-electron chi connectivity index (χ2n) is 8.56. The minimum Gasteiger partial charge on any atom is -0.495 e. The zero-order valence-corrected chi connectivity index (χ0v) is 20.3. The SMILES string of the molecule is CCn1cc(-c2ccnc(Nc3ccc(N4CCN(C)CC4)c(OC)c3)n2)c(-c2cccnc2)n1. The van der Waals surface area contributed by atoms with E-state index in [1.165, 1.54) is 0 Å². The van der Waals surface area contributed by atoms with E-state index in [2.05, 4.69) is 45.1 Å². The van der Waals surface area contributed by atoms with E-state index in [1.807, 2.05) is 47.4 Å². The van der Waals surface area contributed by atoms with E-state index in [4.69, 9.17) is 14.8 Å². The van der Waals surface area contributed by atoms with Crippen LogP contribution in [0.2, 0.25) is 0 Å². The summed E-state index contributed by atoms with van der Waals surface area (Å²) in [5.74, 6) is 1.34. The third-order valence-electron chi connectivity index (χ3n) is 6.23. The van der Waals surface area contributed by atoms with Gasteiger partial charge in [0, 0.05) is 80.4 Å². The summed E-state index contributed by atoms with van der Waals surface area (Å²) >= 11 is 0. The van der Waals surface area contributed by atoms with Gasteiger partial charge < -0.3 is 19.9 Å². The van der Waals surface area contributed by atoms with Crippen LogP contribution in [0.1, 0.15) is 6.92 Å². The summed E-state index contributed by atoms with van der Waals surface area (Å²) in [6, 6.07) is 12.0. The molecule has 1 fully saturated rings. The standard InChI is InChI=1S/C26H30N8O/c1-4-34-18-21(25(31-34)19-6-5-10-27-17-19)22-9-11-28-26(30-22)29-20-7-8-23(24(16-20)35-3)33-14-12-32(2)13-15-33/h5-11,16-18H,4,12-15H2,1-3H3,(H,28,29,30). The number of aryl methyl sites for hydroxylation is 1. The van der Waals surface area contributed by atoms with E-state index in [9.17, 15) is 0 Å². The molecule has 9 nitrogen and oxygen atoms in total. The van der Waals surface area contributed by atoms with Crippen LogP contribution in [0.15, 0.2) is 61.2 Å². The number of hydrogen-bond donors (Lipinski definition) is 1. The third-order valence-corrected chi connectivity index (χ3v) is 6.23. The molecular weight excluding hydrogens is 440 g/mol. The molecule has 1 aromatic carbocycles. The first-order valence-electron chi connectivity index (χ1n) is 11.8. The number of benzene rings is 1. The Morgan fingerprint density at radius 2 is 1.91 bits per heavy atom. The average molecular weight is 471 g/mol. The Balaban J connectivity index is 1.41. The molecule has 180 valence electrons. The number of rotatable bonds is 7. The highest BCUT2D eigenvalue weighted by Gasteiger charge is 2.19. The van der Waals surface area contributed by atoms with Crippen LogP contribution in [0.4, 0.5) is 17.3 Å². The van der Waals surface area contributed by atoms with E-state index >= 15 is 0 Å². The van der Waals surface area contributed by atoms with E-state index in [1.54, 1.807) is 19.5 Å². The van der Waals surface area contributed by atoms with Gasteiger partial charge in [0.15, 0.2) is 0 Å². The van der Waals surface area contributed by atoms with Crippen LogP contribution >= 0.6 is 0 Å². The second kappa shape index (κ2) is 10.1. The minimum absolute atomic E-state index is 0.512. The van der Waals surface area contributed by atoms with Gasteiger partial charge >= 0.3 is 0 Å². The number of pyridine rings is 1. The molecule has 0 aliphatic carbocycles. The first-order valence-corrected chi connectivity index (χ1v) is 11.8. The predicted octanol–water partition coefficient (Wildman–Crippen LogP) is 3.93. The summed E-state index contributed by atoms with van der Waals surface area (Å²) in [6.45, 7) is 6.88. The summed E-state index contributed by atoms with van der Waals surface area (Å²) in [5.41, 5.74) is 5.51. The lowest BCUT2D eigenvalue weighted by atomic mass is 10.1. The Kier molecular flexibility index (Phi) is 6.58. The average Bonchev–Trinajstić information content (AvgIpc) is 3.35. The van der Waals surface area contributed by atoms with Crippen LogP contribution in [0.5, 0.6) is 5.75 Å². The van der Waals surface area contributed by atoms with Gasteiger partial charge in [0.2, 0.25) is 5.95 Å². The highest BCUT2D eigenvalue weighted by Crippen LogP contribution is 2.33. The fraction of sp³-hybridized carbons (Fsp3) is 0.308. The highest BCUT2D eigenvalue weighted by molar-refractivity contribution is 5.78.